The van der Waals surface area contributed by atoms with E-state index in [0.717, 1.165) is 5.57 Å². The highest BCUT2D eigenvalue weighted by Gasteiger charge is 2.48. The topological polar surface area (TPSA) is 166 Å². The zero-order valence-corrected chi connectivity index (χ0v) is 47.7. The largest absolute Gasteiger partial charge is 0.479 e. The van der Waals surface area contributed by atoms with Gasteiger partial charge < -0.3 is 33.3 Å². The maximum absolute atomic E-state index is 14.5. The van der Waals surface area contributed by atoms with Gasteiger partial charge in [0.05, 0.1) is 30.8 Å². The number of aliphatic hydroxyl groups is 2. The summed E-state index contributed by atoms with van der Waals surface area (Å²) < 4.78 is 26.0. The van der Waals surface area contributed by atoms with Gasteiger partial charge in [-0.3, -0.25) is 14.4 Å². The average Bonchev–Trinajstić information content (AvgIpc) is 3.13. The van der Waals surface area contributed by atoms with Gasteiger partial charge in [-0.15, -0.1) is 0 Å². The Bertz CT molecular complexity index is 1640. The van der Waals surface area contributed by atoms with Crippen molar-refractivity contribution in [3.05, 3.63) is 35.5 Å². The normalized spacial score (nSPS) is 19.5. The molecule has 0 aromatic heterocycles. The van der Waals surface area contributed by atoms with Gasteiger partial charge in [-0.1, -0.05) is 121 Å². The summed E-state index contributed by atoms with van der Waals surface area (Å²) in [5, 5.41) is 32.0. The lowest BCUT2D eigenvalue weighted by Gasteiger charge is -2.42. The molecule has 0 heterocycles. The molecule has 0 fully saturated rings. The van der Waals surface area contributed by atoms with Crippen LogP contribution in [0.15, 0.2) is 35.5 Å². The molecule has 0 spiro atoms. The second-order valence-electron chi connectivity index (χ2n) is 23.1. The van der Waals surface area contributed by atoms with Gasteiger partial charge in [-0.25, -0.2) is 4.79 Å². The van der Waals surface area contributed by atoms with Crippen LogP contribution in [0.4, 0.5) is 0 Å². The monoisotopic (exact) mass is 955 g/mol. The van der Waals surface area contributed by atoms with Gasteiger partial charge in [0.15, 0.2) is 31.1 Å². The number of carbonyl (C=O) groups excluding carboxylic acids is 3. The maximum atomic E-state index is 14.5. The molecule has 11 nitrogen and oxygen atoms in total. The van der Waals surface area contributed by atoms with Gasteiger partial charge in [0, 0.05) is 37.2 Å². The summed E-state index contributed by atoms with van der Waals surface area (Å²) in [7, 11) is -6.18. The van der Waals surface area contributed by atoms with Crippen molar-refractivity contribution in [3.63, 3.8) is 0 Å². The van der Waals surface area contributed by atoms with Crippen LogP contribution >= 0.6 is 0 Å². The van der Waals surface area contributed by atoms with Crippen molar-refractivity contribution < 1.29 is 52.5 Å². The third-order valence-corrected chi connectivity index (χ3v) is 28.0. The quantitative estimate of drug-likeness (QED) is 0.0558. The lowest BCUT2D eigenvalue weighted by atomic mass is 9.82. The molecule has 64 heavy (non-hydrogen) atoms. The average molecular weight is 956 g/mol. The number of rotatable bonds is 26. The highest BCUT2D eigenvalue weighted by molar-refractivity contribution is 6.75. The van der Waals surface area contributed by atoms with Crippen LogP contribution in [0.1, 0.15) is 124 Å². The lowest BCUT2D eigenvalue weighted by molar-refractivity contribution is -0.157. The van der Waals surface area contributed by atoms with Crippen LogP contribution in [0.2, 0.25) is 54.4 Å². The number of Topliss-reactive ketones (excluding diaryl/α,β-unsaturated/α-hetero) is 3. The molecule has 3 N–H and O–H groups in total. The summed E-state index contributed by atoms with van der Waals surface area (Å²) in [6.07, 6.45) is 2.25. The molecule has 11 atom stereocenters. The fraction of sp³-hybridized carbons (Fsp3) is 0.800. The number of ether oxygens (including phenoxy) is 1. The van der Waals surface area contributed by atoms with E-state index in [2.05, 4.69) is 67.7 Å². The number of hydrogen-bond acceptors (Lipinski definition) is 10. The van der Waals surface area contributed by atoms with Gasteiger partial charge in [-0.05, 0) is 92.2 Å². The first-order valence-corrected chi connectivity index (χ1v) is 32.1. The number of ketones is 3. The summed E-state index contributed by atoms with van der Waals surface area (Å²) in [5.41, 5.74) is 1.48. The van der Waals surface area contributed by atoms with E-state index in [1.54, 1.807) is 33.8 Å². The smallest absolute Gasteiger partial charge is 0.334 e. The Kier molecular flexibility index (Phi) is 23.7. The molecule has 14 heteroatoms. The van der Waals surface area contributed by atoms with Crippen molar-refractivity contribution in [1.29, 1.82) is 0 Å². The number of carbonyl (C=O) groups is 4. The Labute approximate surface area is 393 Å². The highest BCUT2D eigenvalue weighted by atomic mass is 28.4. The lowest BCUT2D eigenvalue weighted by Crippen LogP contribution is -2.54. The van der Waals surface area contributed by atoms with Gasteiger partial charge in [0.1, 0.15) is 23.5 Å². The van der Waals surface area contributed by atoms with E-state index >= 15 is 0 Å². The summed E-state index contributed by atoms with van der Waals surface area (Å²) in [6, 6.07) is 0. The highest BCUT2D eigenvalue weighted by Crippen LogP contribution is 2.42. The Morgan fingerprint density at radius 1 is 0.625 bits per heavy atom. The predicted octanol–water partition coefficient (Wildman–Crippen LogP) is 11.0. The SMILES string of the molecule is C/C=C\[C@H](C)/C=C(\C)[C@@H](O[Si](C)(C)C(C)(C)C)[C@@H](CO)C(=O)[C@H](C)[C@@H](O)CC(=O)[C@@H](C)/C=C(\C)[C@H](O[Si](C)(C)C(C)(C)C)[C@@H](C)C(=O)[C@@H](C)[C@H](OC)[C@@H](O[Si](C)(C)C(C)(C)C)C(=O)O. The van der Waals surface area contributed by atoms with Gasteiger partial charge in [0.25, 0.3) is 0 Å². The first-order valence-electron chi connectivity index (χ1n) is 23.3. The Morgan fingerprint density at radius 2 is 1.03 bits per heavy atom. The molecule has 372 valence electrons. The number of aliphatic hydroxyl groups excluding tert-OH is 2. The molecule has 0 unspecified atom stereocenters. The molecule has 0 aliphatic rings. The van der Waals surface area contributed by atoms with Gasteiger partial charge in [-0.2, -0.15) is 0 Å². The number of aliphatic carboxylic acids is 1. The maximum Gasteiger partial charge on any atom is 0.334 e. The number of carboxylic acids is 1. The predicted molar refractivity (Wildman–Crippen MR) is 269 cm³/mol. The zero-order chi connectivity index (χ0) is 50.9. The summed E-state index contributed by atoms with van der Waals surface area (Å²) in [4.78, 5) is 55.4. The van der Waals surface area contributed by atoms with Crippen LogP contribution in [-0.4, -0.2) is 108 Å². The second kappa shape index (κ2) is 24.4. The Balaban J connectivity index is 6.88. The number of carboxylic acid groups (broad SMARTS) is 1. The minimum Gasteiger partial charge on any atom is -0.479 e. The molecule has 0 aliphatic carbocycles. The first kappa shape index (κ1) is 62.1. The van der Waals surface area contributed by atoms with Crippen molar-refractivity contribution in [2.75, 3.05) is 13.7 Å². The summed E-state index contributed by atoms with van der Waals surface area (Å²) in [5.74, 6) is -6.38. The van der Waals surface area contributed by atoms with Crippen molar-refractivity contribution in [2.45, 2.75) is 209 Å². The molecule has 0 bridgehead atoms. The minimum atomic E-state index is -2.59. The molecule has 0 aromatic rings. The third kappa shape index (κ3) is 17.0. The zero-order valence-electron chi connectivity index (χ0n) is 44.7. The number of allylic oxidation sites excluding steroid dienone is 4. The molecule has 0 saturated heterocycles. The summed E-state index contributed by atoms with van der Waals surface area (Å²) >= 11 is 0. The van der Waals surface area contributed by atoms with Crippen molar-refractivity contribution in [3.8, 4) is 0 Å². The van der Waals surface area contributed by atoms with Crippen LogP contribution in [0.3, 0.4) is 0 Å². The van der Waals surface area contributed by atoms with E-state index in [-0.39, 0.29) is 44.8 Å². The van der Waals surface area contributed by atoms with Gasteiger partial charge in [0.2, 0.25) is 0 Å². The molecular weight excluding hydrogens is 861 g/mol. The molecule has 0 aromatic carbocycles. The minimum absolute atomic E-state index is 0.0681. The second-order valence-corrected chi connectivity index (χ2v) is 37.4. The van der Waals surface area contributed by atoms with Crippen LogP contribution in [0, 0.1) is 35.5 Å². The van der Waals surface area contributed by atoms with Crippen LogP contribution in [0.5, 0.6) is 0 Å². The summed E-state index contributed by atoms with van der Waals surface area (Å²) in [6.45, 7) is 45.0. The molecular formula is C50H94O11Si3. The first-order chi connectivity index (χ1) is 28.7. The third-order valence-electron chi connectivity index (χ3n) is 14.6. The molecule has 0 radical (unpaired) electrons. The van der Waals surface area contributed by atoms with E-state index in [9.17, 15) is 34.5 Å². The molecule has 0 aliphatic heterocycles. The molecule has 0 saturated carbocycles. The molecule has 0 amide bonds. The van der Waals surface area contributed by atoms with Gasteiger partial charge >= 0.3 is 5.97 Å². The van der Waals surface area contributed by atoms with Crippen molar-refractivity contribution in [2.24, 2.45) is 35.5 Å². The van der Waals surface area contributed by atoms with Crippen LogP contribution in [0.25, 0.3) is 0 Å². The van der Waals surface area contributed by atoms with E-state index < -0.39 is 97.6 Å². The Hall–Kier alpha value is -1.89. The Morgan fingerprint density at radius 3 is 1.41 bits per heavy atom. The van der Waals surface area contributed by atoms with Crippen molar-refractivity contribution in [1.82, 2.24) is 0 Å². The van der Waals surface area contributed by atoms with Crippen molar-refractivity contribution >= 4 is 48.3 Å². The fourth-order valence-electron chi connectivity index (χ4n) is 7.02. The van der Waals surface area contributed by atoms with E-state index in [1.165, 1.54) is 7.11 Å². The molecule has 0 rings (SSSR count). The number of methoxy groups -OCH3 is 1. The van der Waals surface area contributed by atoms with E-state index in [4.69, 9.17) is 18.0 Å². The standard InChI is InChI=1S/C50H94O11Si3/c1-25-26-31(2)27-33(4)44(60-63(21,22)49(12,13)14)38(30-51)42(55)35(6)40(53)29-39(52)32(3)28-34(5)43(59-62(19,20)48(9,10)11)36(7)41(54)37(8)45(58-18)46(47(56)57)61-64(23,24)50(15,16)17/h25-28,31-32,35-38,40,43-46,51,53H,29-30H2,1-24H3,(H,56,57)/b26-25-,33-27+,34-28+/t31-,32-,35+,36-,37+,38-,40-,43-,44+,45-,46+/m0/s1. The fourth-order valence-corrected chi connectivity index (χ4v) is 11.0. The number of hydrogen-bond donors (Lipinski definition) is 3. The van der Waals surface area contributed by atoms with Crippen LogP contribution < -0.4 is 0 Å². The van der Waals surface area contributed by atoms with E-state index in [1.807, 2.05) is 79.8 Å². The van der Waals surface area contributed by atoms with Crippen LogP contribution in [-0.2, 0) is 37.2 Å². The van der Waals surface area contributed by atoms with E-state index in [0.29, 0.717) is 5.57 Å².